The summed E-state index contributed by atoms with van der Waals surface area (Å²) in [5, 5.41) is 11.7. The Kier molecular flexibility index (Phi) is 14.5. The van der Waals surface area contributed by atoms with Gasteiger partial charge in [-0.1, -0.05) is 131 Å². The predicted octanol–water partition coefficient (Wildman–Crippen LogP) is 8.77. The summed E-state index contributed by atoms with van der Waals surface area (Å²) in [6.45, 7) is 2.25. The Morgan fingerprint density at radius 2 is 1.56 bits per heavy atom. The first-order valence-electron chi connectivity index (χ1n) is 14.4. The van der Waals surface area contributed by atoms with E-state index in [0.717, 1.165) is 19.3 Å². The summed E-state index contributed by atoms with van der Waals surface area (Å²) >= 11 is 13.2. The van der Waals surface area contributed by atoms with Crippen molar-refractivity contribution in [3.8, 4) is 5.75 Å². The van der Waals surface area contributed by atoms with Gasteiger partial charge in [-0.3, -0.25) is 4.79 Å². The van der Waals surface area contributed by atoms with Gasteiger partial charge < -0.3 is 9.50 Å². The molecule has 2 aromatic carbocycles. The van der Waals surface area contributed by atoms with E-state index in [4.69, 9.17) is 27.4 Å². The van der Waals surface area contributed by atoms with E-state index in [-0.39, 0.29) is 31.8 Å². The molecule has 0 spiro atoms. The van der Waals surface area contributed by atoms with E-state index in [1.165, 1.54) is 113 Å². The molecule has 0 aliphatic carbocycles. The van der Waals surface area contributed by atoms with Gasteiger partial charge in [-0.25, -0.2) is 0 Å². The van der Waals surface area contributed by atoms with Crippen LogP contribution < -0.4 is 9.50 Å². The lowest BCUT2D eigenvalue weighted by atomic mass is 10.0. The second kappa shape index (κ2) is 17.8. The quantitative estimate of drug-likeness (QED) is 0.0761. The average Bonchev–Trinajstić information content (AvgIpc) is 3.29. The number of amidine groups is 1. The van der Waals surface area contributed by atoms with Crippen LogP contribution in [0, 0.1) is 0 Å². The van der Waals surface area contributed by atoms with E-state index in [1.807, 2.05) is 0 Å². The molecule has 0 aromatic heterocycles. The summed E-state index contributed by atoms with van der Waals surface area (Å²) in [5.74, 6) is 0.0774. The van der Waals surface area contributed by atoms with Crippen LogP contribution in [0.25, 0.3) is 0 Å². The van der Waals surface area contributed by atoms with E-state index in [2.05, 4.69) is 22.4 Å². The number of amides is 1. The van der Waals surface area contributed by atoms with Gasteiger partial charge in [-0.2, -0.15) is 13.5 Å². The molecule has 1 saturated heterocycles. The van der Waals surface area contributed by atoms with Crippen LogP contribution in [-0.4, -0.2) is 31.0 Å². The Morgan fingerprint density at radius 1 is 0.902 bits per heavy atom. The number of rotatable bonds is 18. The first-order valence-corrected chi connectivity index (χ1v) is 17.4. The van der Waals surface area contributed by atoms with Gasteiger partial charge in [-0.15, -0.1) is 5.10 Å². The lowest BCUT2D eigenvalue weighted by Gasteiger charge is -2.08. The summed E-state index contributed by atoms with van der Waals surface area (Å²) in [6, 6.07) is 10.4. The molecule has 3 rings (SSSR count). The highest BCUT2D eigenvalue weighted by molar-refractivity contribution is 8.15. The molecular weight excluding hydrogens is 601 g/mol. The predicted molar refractivity (Wildman–Crippen MR) is 171 cm³/mol. The molecule has 1 fully saturated rings. The third-order valence-electron chi connectivity index (χ3n) is 6.70. The topological polar surface area (TPSA) is 97.2 Å². The molecule has 1 aliphatic rings. The molecule has 0 radical (unpaired) electrons. The first kappa shape index (κ1) is 33.4. The number of unbranched alkanes of at least 4 members (excludes halogenated alkanes) is 11. The second-order valence-corrected chi connectivity index (χ2v) is 13.7. The van der Waals surface area contributed by atoms with Crippen LogP contribution in [0.15, 0.2) is 57.6 Å². The molecule has 1 atom stereocenters. The largest absolute Gasteiger partial charge is 0.379 e. The number of nitrogens with one attached hydrogen (secondary N) is 1. The third-order valence-corrected chi connectivity index (χ3v) is 9.82. The highest BCUT2D eigenvalue weighted by Gasteiger charge is 2.29. The third kappa shape index (κ3) is 12.0. The van der Waals surface area contributed by atoms with Crippen LogP contribution in [0.4, 0.5) is 0 Å². The van der Waals surface area contributed by atoms with Crippen molar-refractivity contribution in [3.05, 3.63) is 58.1 Å². The van der Waals surface area contributed by atoms with E-state index < -0.39 is 10.1 Å². The highest BCUT2D eigenvalue weighted by atomic mass is 35.5. The smallest absolute Gasteiger partial charge is 0.339 e. The van der Waals surface area contributed by atoms with Crippen molar-refractivity contribution in [2.24, 2.45) is 10.2 Å². The normalized spacial score (nSPS) is 16.5. The fourth-order valence-electron chi connectivity index (χ4n) is 4.41. The van der Waals surface area contributed by atoms with Crippen molar-refractivity contribution in [2.75, 3.05) is 0 Å². The van der Waals surface area contributed by atoms with Gasteiger partial charge in [-0.05, 0) is 42.3 Å². The van der Waals surface area contributed by atoms with Gasteiger partial charge in [0.05, 0.1) is 21.5 Å². The molecule has 7 nitrogen and oxygen atoms in total. The minimum absolute atomic E-state index is 0.0325. The molecule has 41 heavy (non-hydrogen) atoms. The Balaban J connectivity index is 1.38. The van der Waals surface area contributed by atoms with Crippen molar-refractivity contribution in [3.63, 3.8) is 0 Å². The standard InChI is InChI=1S/C30H39Cl2N3O4S2/c1-2-3-4-5-6-7-8-9-10-11-12-13-17-28-29(36)34-30(40-28)35-33-22-23-15-14-16-24(20-23)39-41(37,38)25-18-19-26(31)27(32)21-25/h14-16,18-22,28H,2-13,17H2,1H3,(H,34,35,36)/b33-22-/t28-/m0/s1. The minimum atomic E-state index is -4.10. The summed E-state index contributed by atoms with van der Waals surface area (Å²) in [6.07, 6.45) is 17.7. The Bertz CT molecular complexity index is 1300. The first-order chi connectivity index (χ1) is 19.8. The van der Waals surface area contributed by atoms with Crippen LogP contribution >= 0.6 is 35.0 Å². The van der Waals surface area contributed by atoms with E-state index in [9.17, 15) is 13.2 Å². The van der Waals surface area contributed by atoms with Gasteiger partial charge in [0.2, 0.25) is 5.91 Å². The molecule has 2 aromatic rings. The van der Waals surface area contributed by atoms with Crippen molar-refractivity contribution in [1.82, 2.24) is 5.32 Å². The lowest BCUT2D eigenvalue weighted by molar-refractivity contribution is -0.118. The molecule has 1 N–H and O–H groups in total. The summed E-state index contributed by atoms with van der Waals surface area (Å²) in [7, 11) is -4.10. The van der Waals surface area contributed by atoms with Crippen molar-refractivity contribution in [1.29, 1.82) is 0 Å². The number of benzene rings is 2. The SMILES string of the molecule is CCCCCCCCCCCCCC[C@@H]1S/C(=N\N=C/c2cccc(OS(=O)(=O)c3ccc(Cl)c(Cl)c3)c2)NC1=O. The van der Waals surface area contributed by atoms with E-state index in [0.29, 0.717) is 10.7 Å². The van der Waals surface area contributed by atoms with E-state index in [1.54, 1.807) is 12.1 Å². The average molecular weight is 641 g/mol. The summed E-state index contributed by atoms with van der Waals surface area (Å²) in [4.78, 5) is 12.2. The molecule has 1 amide bonds. The number of hydrogen-bond donors (Lipinski definition) is 1. The van der Waals surface area contributed by atoms with Gasteiger partial charge in [0.1, 0.15) is 10.6 Å². The van der Waals surface area contributed by atoms with Gasteiger partial charge in [0.25, 0.3) is 0 Å². The molecule has 11 heteroatoms. The van der Waals surface area contributed by atoms with Crippen LogP contribution in [0.3, 0.4) is 0 Å². The second-order valence-electron chi connectivity index (χ2n) is 10.1. The van der Waals surface area contributed by atoms with Gasteiger partial charge in [0, 0.05) is 0 Å². The van der Waals surface area contributed by atoms with Crippen molar-refractivity contribution in [2.45, 2.75) is 101 Å². The number of carbonyl (C=O) groups excluding carboxylic acids is 1. The summed E-state index contributed by atoms with van der Waals surface area (Å²) in [5.41, 5.74) is 0.582. The molecular formula is C30H39Cl2N3O4S2. The maximum Gasteiger partial charge on any atom is 0.339 e. The zero-order chi connectivity index (χ0) is 29.5. The minimum Gasteiger partial charge on any atom is -0.379 e. The number of thioether (sulfide) groups is 1. The van der Waals surface area contributed by atoms with Crippen LogP contribution in [0.5, 0.6) is 5.75 Å². The lowest BCUT2D eigenvalue weighted by Crippen LogP contribution is -2.24. The fourth-order valence-corrected chi connectivity index (χ4v) is 6.70. The summed E-state index contributed by atoms with van der Waals surface area (Å²) < 4.78 is 30.4. The maximum atomic E-state index is 12.6. The zero-order valence-corrected chi connectivity index (χ0v) is 26.6. The van der Waals surface area contributed by atoms with Crippen LogP contribution in [0.1, 0.15) is 96.0 Å². The number of carbonyl (C=O) groups is 1. The number of hydrogen-bond acceptors (Lipinski definition) is 7. The van der Waals surface area contributed by atoms with E-state index >= 15 is 0 Å². The van der Waals surface area contributed by atoms with Crippen molar-refractivity contribution >= 4 is 62.4 Å². The van der Waals surface area contributed by atoms with Crippen molar-refractivity contribution < 1.29 is 17.4 Å². The Labute approximate surface area is 258 Å². The van der Waals surface area contributed by atoms with Gasteiger partial charge >= 0.3 is 10.1 Å². The monoisotopic (exact) mass is 639 g/mol. The number of halogens is 2. The molecule has 0 unspecified atom stereocenters. The van der Waals surface area contributed by atoms with Gasteiger partial charge in [0.15, 0.2) is 5.17 Å². The Morgan fingerprint density at radius 3 is 2.22 bits per heavy atom. The maximum absolute atomic E-state index is 12.6. The molecule has 1 aliphatic heterocycles. The Hall–Kier alpha value is -2.07. The van der Waals surface area contributed by atoms with Crippen LogP contribution in [0.2, 0.25) is 10.0 Å². The van der Waals surface area contributed by atoms with Crippen LogP contribution in [-0.2, 0) is 14.9 Å². The molecule has 224 valence electrons. The molecule has 1 heterocycles. The molecule has 0 bridgehead atoms. The highest BCUT2D eigenvalue weighted by Crippen LogP contribution is 2.27. The number of nitrogens with zero attached hydrogens (tertiary/aromatic N) is 2. The zero-order valence-electron chi connectivity index (χ0n) is 23.5. The molecule has 0 saturated carbocycles. The fraction of sp³-hybridized carbons (Fsp3) is 0.500.